The van der Waals surface area contributed by atoms with Gasteiger partial charge >= 0.3 is 17.9 Å². The molecule has 0 bridgehead atoms. The Balaban J connectivity index is 1.58. The molecule has 170 valence electrons. The average molecular weight is 440 g/mol. The summed E-state index contributed by atoms with van der Waals surface area (Å²) in [6.45, 7) is 0.606. The predicted molar refractivity (Wildman–Crippen MR) is 122 cm³/mol. The van der Waals surface area contributed by atoms with Gasteiger partial charge in [0.05, 0.1) is 31.5 Å². The lowest BCUT2D eigenvalue weighted by atomic mass is 10.1. The summed E-state index contributed by atoms with van der Waals surface area (Å²) in [7, 11) is 1.31. The fourth-order valence-electron chi connectivity index (χ4n) is 2.81. The summed E-state index contributed by atoms with van der Waals surface area (Å²) in [5.41, 5.74) is 13.7. The molecule has 2 aromatic rings. The van der Waals surface area contributed by atoms with Crippen molar-refractivity contribution >= 4 is 35.4 Å². The molecule has 0 atom stereocenters. The maximum atomic E-state index is 12.1. The molecule has 0 saturated heterocycles. The molecule has 0 aromatic heterocycles. The fourth-order valence-corrected chi connectivity index (χ4v) is 2.81. The number of hydrogen-bond acceptors (Lipinski definition) is 8. The van der Waals surface area contributed by atoms with Crippen LogP contribution in [0.15, 0.2) is 48.5 Å². The average Bonchev–Trinajstić information content (AvgIpc) is 2.78. The Morgan fingerprint density at radius 3 is 1.84 bits per heavy atom. The van der Waals surface area contributed by atoms with Gasteiger partial charge in [0.15, 0.2) is 0 Å². The molecule has 0 aliphatic carbocycles. The fraction of sp³-hybridized carbons (Fsp3) is 0.292. The van der Waals surface area contributed by atoms with Crippen molar-refractivity contribution < 1.29 is 28.6 Å². The normalized spacial score (nSPS) is 10.7. The minimum atomic E-state index is -0.454. The van der Waals surface area contributed by atoms with Crippen LogP contribution < -0.4 is 11.5 Å². The maximum absolute atomic E-state index is 12.1. The predicted octanol–water partition coefficient (Wildman–Crippen LogP) is 3.61. The standard InChI is InChI=1S/C24H28N2O6/c1-30-22(27)11-8-17-6-9-18(10-7-17)23(28)31-12-4-2-3-5-13-32-24(29)19-14-20(25)16-21(26)15-19/h6-11,14-16H,2-5,12-13,25-26H2,1H3. The molecule has 32 heavy (non-hydrogen) atoms. The van der Waals surface area contributed by atoms with Crippen LogP contribution in [0, 0.1) is 0 Å². The third kappa shape index (κ3) is 8.51. The molecule has 0 unspecified atom stereocenters. The summed E-state index contributed by atoms with van der Waals surface area (Å²) < 4.78 is 15.0. The number of carbonyl (C=O) groups excluding carboxylic acids is 3. The van der Waals surface area contributed by atoms with Crippen LogP contribution in [0.1, 0.15) is 52.0 Å². The van der Waals surface area contributed by atoms with Gasteiger partial charge in [-0.25, -0.2) is 14.4 Å². The number of benzene rings is 2. The first-order valence-electron chi connectivity index (χ1n) is 10.3. The van der Waals surface area contributed by atoms with Gasteiger partial charge in [-0.05, 0) is 67.7 Å². The molecule has 0 saturated carbocycles. The second-order valence-electron chi connectivity index (χ2n) is 7.05. The van der Waals surface area contributed by atoms with Crippen molar-refractivity contribution in [2.75, 3.05) is 31.8 Å². The summed E-state index contributed by atoms with van der Waals surface area (Å²) >= 11 is 0. The van der Waals surface area contributed by atoms with E-state index in [0.717, 1.165) is 18.4 Å². The molecule has 2 rings (SSSR count). The van der Waals surface area contributed by atoms with Crippen molar-refractivity contribution in [3.05, 3.63) is 65.2 Å². The molecular formula is C24H28N2O6. The second-order valence-corrected chi connectivity index (χ2v) is 7.05. The summed E-state index contributed by atoms with van der Waals surface area (Å²) in [5.74, 6) is -1.30. The van der Waals surface area contributed by atoms with Crippen LogP contribution in [0.4, 0.5) is 11.4 Å². The van der Waals surface area contributed by atoms with Gasteiger partial charge in [-0.1, -0.05) is 12.1 Å². The minimum Gasteiger partial charge on any atom is -0.466 e. The summed E-state index contributed by atoms with van der Waals surface area (Å²) in [4.78, 5) is 35.1. The van der Waals surface area contributed by atoms with Gasteiger partial charge < -0.3 is 25.7 Å². The maximum Gasteiger partial charge on any atom is 0.338 e. The number of unbranched alkanes of at least 4 members (excludes halogenated alkanes) is 3. The first kappa shape index (κ1) is 24.5. The molecule has 0 amide bonds. The van der Waals surface area contributed by atoms with Gasteiger partial charge in [0, 0.05) is 17.5 Å². The molecule has 0 heterocycles. The van der Waals surface area contributed by atoms with Crippen LogP contribution in [0.5, 0.6) is 0 Å². The molecule has 0 radical (unpaired) electrons. The van der Waals surface area contributed by atoms with Crippen LogP contribution in [-0.4, -0.2) is 38.2 Å². The Kier molecular flexibility index (Phi) is 9.77. The Bertz CT molecular complexity index is 933. The second kappa shape index (κ2) is 12.8. The monoisotopic (exact) mass is 440 g/mol. The van der Waals surface area contributed by atoms with Crippen molar-refractivity contribution in [1.29, 1.82) is 0 Å². The molecule has 0 aliphatic rings. The van der Waals surface area contributed by atoms with Gasteiger partial charge in [-0.3, -0.25) is 0 Å². The van der Waals surface area contributed by atoms with E-state index in [4.69, 9.17) is 20.9 Å². The number of carbonyl (C=O) groups is 3. The summed E-state index contributed by atoms with van der Waals surface area (Å²) in [5, 5.41) is 0. The quantitative estimate of drug-likeness (QED) is 0.178. The number of nitrogens with two attached hydrogens (primary N) is 2. The lowest BCUT2D eigenvalue weighted by Gasteiger charge is -2.07. The zero-order chi connectivity index (χ0) is 23.3. The largest absolute Gasteiger partial charge is 0.466 e. The number of anilines is 2. The summed E-state index contributed by atoms with van der Waals surface area (Å²) in [6.07, 6.45) is 6.01. The third-order valence-electron chi connectivity index (χ3n) is 4.48. The first-order valence-corrected chi connectivity index (χ1v) is 10.3. The van der Waals surface area contributed by atoms with E-state index in [2.05, 4.69) is 4.74 Å². The van der Waals surface area contributed by atoms with E-state index in [1.54, 1.807) is 36.4 Å². The molecule has 2 aromatic carbocycles. The molecule has 0 aliphatic heterocycles. The van der Waals surface area contributed by atoms with Crippen LogP contribution in [0.3, 0.4) is 0 Å². The van der Waals surface area contributed by atoms with Crippen molar-refractivity contribution in [3.8, 4) is 0 Å². The Hall–Kier alpha value is -3.81. The molecular weight excluding hydrogens is 412 g/mol. The topological polar surface area (TPSA) is 131 Å². The van der Waals surface area contributed by atoms with E-state index in [1.165, 1.54) is 25.3 Å². The van der Waals surface area contributed by atoms with Gasteiger partial charge in [-0.2, -0.15) is 0 Å². The number of ether oxygens (including phenoxy) is 3. The van der Waals surface area contributed by atoms with E-state index in [0.29, 0.717) is 48.6 Å². The highest BCUT2D eigenvalue weighted by atomic mass is 16.5. The summed E-state index contributed by atoms with van der Waals surface area (Å²) in [6, 6.07) is 11.3. The van der Waals surface area contributed by atoms with Crippen LogP contribution in [0.25, 0.3) is 6.08 Å². The van der Waals surface area contributed by atoms with Crippen LogP contribution in [-0.2, 0) is 19.0 Å². The number of methoxy groups -OCH3 is 1. The lowest BCUT2D eigenvalue weighted by Crippen LogP contribution is -2.08. The van der Waals surface area contributed by atoms with Crippen LogP contribution >= 0.6 is 0 Å². The van der Waals surface area contributed by atoms with E-state index >= 15 is 0 Å². The molecule has 4 N–H and O–H groups in total. The van der Waals surface area contributed by atoms with Gasteiger partial charge in [0.1, 0.15) is 0 Å². The highest BCUT2D eigenvalue weighted by Crippen LogP contribution is 2.15. The highest BCUT2D eigenvalue weighted by molar-refractivity contribution is 5.92. The van der Waals surface area contributed by atoms with E-state index in [9.17, 15) is 14.4 Å². The molecule has 0 spiro atoms. The SMILES string of the molecule is COC(=O)C=Cc1ccc(C(=O)OCCCCCCOC(=O)c2cc(N)cc(N)c2)cc1. The van der Waals surface area contributed by atoms with Gasteiger partial charge in [0.2, 0.25) is 0 Å². The molecule has 0 fully saturated rings. The van der Waals surface area contributed by atoms with Crippen LogP contribution in [0.2, 0.25) is 0 Å². The molecule has 8 nitrogen and oxygen atoms in total. The minimum absolute atomic E-state index is 0.296. The Labute approximate surface area is 187 Å². The van der Waals surface area contributed by atoms with E-state index in [-0.39, 0.29) is 0 Å². The van der Waals surface area contributed by atoms with Crippen molar-refractivity contribution in [1.82, 2.24) is 0 Å². The highest BCUT2D eigenvalue weighted by Gasteiger charge is 2.09. The number of rotatable bonds is 11. The van der Waals surface area contributed by atoms with Crippen molar-refractivity contribution in [3.63, 3.8) is 0 Å². The van der Waals surface area contributed by atoms with Crippen molar-refractivity contribution in [2.24, 2.45) is 0 Å². The van der Waals surface area contributed by atoms with Gasteiger partial charge in [0.25, 0.3) is 0 Å². The Morgan fingerprint density at radius 2 is 1.31 bits per heavy atom. The molecule has 8 heteroatoms. The van der Waals surface area contributed by atoms with Crippen molar-refractivity contribution in [2.45, 2.75) is 25.7 Å². The Morgan fingerprint density at radius 1 is 0.781 bits per heavy atom. The number of hydrogen-bond donors (Lipinski definition) is 2. The van der Waals surface area contributed by atoms with E-state index in [1.807, 2.05) is 0 Å². The van der Waals surface area contributed by atoms with E-state index < -0.39 is 17.9 Å². The zero-order valence-electron chi connectivity index (χ0n) is 18.0. The zero-order valence-corrected chi connectivity index (χ0v) is 18.0. The smallest absolute Gasteiger partial charge is 0.338 e. The van der Waals surface area contributed by atoms with Gasteiger partial charge in [-0.15, -0.1) is 0 Å². The first-order chi connectivity index (χ1) is 15.4. The number of nitrogen functional groups attached to an aromatic ring is 2. The third-order valence-corrected chi connectivity index (χ3v) is 4.48. The number of esters is 3. The lowest BCUT2D eigenvalue weighted by molar-refractivity contribution is -0.134.